The van der Waals surface area contributed by atoms with Crippen LogP contribution in [0.15, 0.2) is 77.5 Å². The molecule has 0 radical (unpaired) electrons. The van der Waals surface area contributed by atoms with E-state index in [9.17, 15) is 9.59 Å². The first-order valence-corrected chi connectivity index (χ1v) is 16.8. The molecule has 0 spiro atoms. The summed E-state index contributed by atoms with van der Waals surface area (Å²) in [6.07, 6.45) is 2.67. The zero-order valence-electron chi connectivity index (χ0n) is 23.9. The topological polar surface area (TPSA) is 49.9 Å². The normalized spacial score (nSPS) is 14.3. The Kier molecular flexibility index (Phi) is 10.5. The number of methoxy groups -OCH3 is 1. The minimum atomic E-state index is -0.316. The van der Waals surface area contributed by atoms with Crippen LogP contribution in [0.3, 0.4) is 0 Å². The van der Waals surface area contributed by atoms with Gasteiger partial charge < -0.3 is 4.74 Å². The molecule has 0 saturated carbocycles. The molecule has 1 aliphatic heterocycles. The van der Waals surface area contributed by atoms with E-state index in [1.807, 2.05) is 17.1 Å². The molecule has 2 aromatic heterocycles. The van der Waals surface area contributed by atoms with Crippen LogP contribution in [0, 0.1) is 17.8 Å². The lowest BCUT2D eigenvalue weighted by Crippen LogP contribution is -2.50. The van der Waals surface area contributed by atoms with Crippen molar-refractivity contribution in [1.82, 2.24) is 10.0 Å². The molecule has 5 nitrogen and oxygen atoms in total. The lowest BCUT2D eigenvalue weighted by Gasteiger charge is -2.38. The molecular formula is C34H34N2O3S3. The number of thioether (sulfide) groups is 1. The minimum Gasteiger partial charge on any atom is -0.465 e. The summed E-state index contributed by atoms with van der Waals surface area (Å²) in [4.78, 5) is 26.2. The van der Waals surface area contributed by atoms with Gasteiger partial charge in [-0.3, -0.25) is 9.80 Å². The first-order chi connectivity index (χ1) is 20.5. The van der Waals surface area contributed by atoms with Crippen LogP contribution in [0.25, 0.3) is 11.1 Å². The number of hydrogen-bond donors (Lipinski definition) is 0. The molecule has 1 saturated heterocycles. The van der Waals surface area contributed by atoms with Gasteiger partial charge in [0.25, 0.3) is 5.24 Å². The second kappa shape index (κ2) is 14.7. The Morgan fingerprint density at radius 2 is 1.88 bits per heavy atom. The predicted octanol–water partition coefficient (Wildman–Crippen LogP) is 7.86. The summed E-state index contributed by atoms with van der Waals surface area (Å²) in [5.41, 5.74) is 5.75. The highest BCUT2D eigenvalue weighted by Gasteiger charge is 2.27. The van der Waals surface area contributed by atoms with E-state index >= 15 is 0 Å². The van der Waals surface area contributed by atoms with E-state index in [0.29, 0.717) is 23.8 Å². The zero-order chi connectivity index (χ0) is 29.3. The molecule has 0 bridgehead atoms. The number of hydrogen-bond acceptors (Lipinski definition) is 7. The number of carbonyl (C=O) groups is 2. The molecule has 1 fully saturated rings. The highest BCUT2D eigenvalue weighted by atomic mass is 32.2. The van der Waals surface area contributed by atoms with Gasteiger partial charge >= 0.3 is 5.97 Å². The summed E-state index contributed by atoms with van der Waals surface area (Å²) in [7, 11) is 1.39. The minimum absolute atomic E-state index is 0.103. The molecule has 42 heavy (non-hydrogen) atoms. The van der Waals surface area contributed by atoms with Crippen molar-refractivity contribution >= 4 is 45.6 Å². The van der Waals surface area contributed by atoms with Gasteiger partial charge in [0.15, 0.2) is 0 Å². The molecule has 8 heteroatoms. The number of amides is 1. The van der Waals surface area contributed by atoms with E-state index in [4.69, 9.17) is 4.74 Å². The third-order valence-corrected chi connectivity index (χ3v) is 9.94. The van der Waals surface area contributed by atoms with Crippen molar-refractivity contribution in [3.8, 4) is 23.0 Å². The van der Waals surface area contributed by atoms with Gasteiger partial charge in [-0.05, 0) is 59.5 Å². The van der Waals surface area contributed by atoms with Crippen LogP contribution < -0.4 is 0 Å². The van der Waals surface area contributed by atoms with Crippen molar-refractivity contribution in [2.24, 2.45) is 5.92 Å². The van der Waals surface area contributed by atoms with E-state index in [2.05, 4.69) is 83.1 Å². The molecule has 216 valence electrons. The maximum Gasteiger partial charge on any atom is 0.348 e. The average Bonchev–Trinajstić information content (AvgIpc) is 3.69. The maximum atomic E-state index is 12.8. The Morgan fingerprint density at radius 3 is 2.71 bits per heavy atom. The number of nitrogens with zero attached hydrogens (tertiary/aromatic N) is 2. The SMILES string of the molecule is COC(=O)c1ccc(CCN2C(=O)SCCN2CCC(C)Cc2cccc(C#Cc3cscc3-c3ccccc3)c2)s1. The molecule has 0 aliphatic carbocycles. The average molecular weight is 615 g/mol. The van der Waals surface area contributed by atoms with Crippen molar-refractivity contribution in [1.29, 1.82) is 0 Å². The smallest absolute Gasteiger partial charge is 0.348 e. The zero-order valence-corrected chi connectivity index (χ0v) is 26.3. The molecular weight excluding hydrogens is 581 g/mol. The lowest BCUT2D eigenvalue weighted by atomic mass is 9.96. The predicted molar refractivity (Wildman–Crippen MR) is 175 cm³/mol. The van der Waals surface area contributed by atoms with Crippen LogP contribution in [0.2, 0.25) is 0 Å². The second-order valence-corrected chi connectivity index (χ2v) is 13.3. The standard InChI is InChI=1S/C34H34N2O3S3/c1-25(15-17-35-19-20-41-34(38)36(35)18-16-30-13-14-32(42-30)33(37)39-2)21-27-8-6-7-26(22-27)11-12-29-23-40-24-31(29)28-9-4-3-5-10-28/h3-10,13-14,22-25H,15-21H2,1-2H3. The van der Waals surface area contributed by atoms with E-state index in [-0.39, 0.29) is 11.2 Å². The molecule has 1 unspecified atom stereocenters. The lowest BCUT2D eigenvalue weighted by molar-refractivity contribution is 0.0241. The van der Waals surface area contributed by atoms with Gasteiger partial charge in [-0.2, -0.15) is 11.3 Å². The Morgan fingerprint density at radius 1 is 1.02 bits per heavy atom. The van der Waals surface area contributed by atoms with Crippen LogP contribution in [0.1, 0.15) is 44.6 Å². The van der Waals surface area contributed by atoms with Gasteiger partial charge in [-0.15, -0.1) is 11.3 Å². The summed E-state index contributed by atoms with van der Waals surface area (Å²) < 4.78 is 4.82. The van der Waals surface area contributed by atoms with Gasteiger partial charge in [0.05, 0.1) is 7.11 Å². The third kappa shape index (κ3) is 7.93. The van der Waals surface area contributed by atoms with E-state index in [0.717, 1.165) is 47.7 Å². The molecule has 1 aliphatic rings. The van der Waals surface area contributed by atoms with Gasteiger partial charge in [-0.1, -0.05) is 73.0 Å². The largest absolute Gasteiger partial charge is 0.465 e. The maximum absolute atomic E-state index is 12.8. The summed E-state index contributed by atoms with van der Waals surface area (Å²) in [6.45, 7) is 4.59. The summed E-state index contributed by atoms with van der Waals surface area (Å²) in [5, 5.41) is 8.48. The Balaban J connectivity index is 1.16. The van der Waals surface area contributed by atoms with Crippen molar-refractivity contribution in [2.75, 3.05) is 32.5 Å². The number of rotatable bonds is 10. The van der Waals surface area contributed by atoms with Gasteiger partial charge in [0, 0.05) is 58.8 Å². The van der Waals surface area contributed by atoms with Gasteiger partial charge in [0.1, 0.15) is 4.88 Å². The number of hydrazine groups is 1. The van der Waals surface area contributed by atoms with E-state index in [1.165, 1.54) is 46.9 Å². The fourth-order valence-corrected chi connectivity index (χ4v) is 7.51. The Labute approximate surface area is 260 Å². The summed E-state index contributed by atoms with van der Waals surface area (Å²) in [5.74, 6) is 7.73. The molecule has 2 aromatic carbocycles. The van der Waals surface area contributed by atoms with Crippen molar-refractivity contribution < 1.29 is 14.3 Å². The molecule has 3 heterocycles. The summed E-state index contributed by atoms with van der Waals surface area (Å²) >= 11 is 4.50. The van der Waals surface area contributed by atoms with Crippen LogP contribution >= 0.6 is 34.4 Å². The monoisotopic (exact) mass is 614 g/mol. The van der Waals surface area contributed by atoms with Crippen molar-refractivity contribution in [3.63, 3.8) is 0 Å². The van der Waals surface area contributed by atoms with E-state index < -0.39 is 0 Å². The molecule has 4 aromatic rings. The molecule has 1 atom stereocenters. The van der Waals surface area contributed by atoms with E-state index in [1.54, 1.807) is 17.4 Å². The first-order valence-electron chi connectivity index (χ1n) is 14.1. The fraction of sp³-hybridized carbons (Fsp3) is 0.294. The number of benzene rings is 2. The molecule has 1 amide bonds. The number of ether oxygens (including phenoxy) is 1. The van der Waals surface area contributed by atoms with Crippen LogP contribution in [0.5, 0.6) is 0 Å². The summed E-state index contributed by atoms with van der Waals surface area (Å²) in [6, 6.07) is 22.7. The van der Waals surface area contributed by atoms with Crippen molar-refractivity contribution in [2.45, 2.75) is 26.2 Å². The second-order valence-electron chi connectivity index (χ2n) is 10.3. The highest BCUT2D eigenvalue weighted by Crippen LogP contribution is 2.27. The first kappa shape index (κ1) is 30.1. The Hall–Kier alpha value is -3.35. The molecule has 0 N–H and O–H groups in total. The molecule has 5 rings (SSSR count). The van der Waals surface area contributed by atoms with Crippen LogP contribution in [-0.4, -0.2) is 53.7 Å². The highest BCUT2D eigenvalue weighted by molar-refractivity contribution is 8.13. The fourth-order valence-electron chi connectivity index (χ4n) is 4.98. The van der Waals surface area contributed by atoms with Gasteiger partial charge in [0.2, 0.25) is 0 Å². The number of carbonyl (C=O) groups excluding carboxylic acids is 2. The third-order valence-electron chi connectivity index (χ3n) is 7.22. The van der Waals surface area contributed by atoms with Gasteiger partial charge in [-0.25, -0.2) is 9.80 Å². The number of esters is 1. The number of thiophene rings is 2. The quantitative estimate of drug-likeness (QED) is 0.134. The van der Waals surface area contributed by atoms with Crippen LogP contribution in [-0.2, 0) is 17.6 Å². The van der Waals surface area contributed by atoms with Crippen LogP contribution in [0.4, 0.5) is 4.79 Å². The van der Waals surface area contributed by atoms with Crippen molar-refractivity contribution in [3.05, 3.63) is 104 Å². The Bertz CT molecular complexity index is 1570.